The van der Waals surface area contributed by atoms with E-state index in [0.717, 1.165) is 58.2 Å². The van der Waals surface area contributed by atoms with E-state index in [-0.39, 0.29) is 31.0 Å². The summed E-state index contributed by atoms with van der Waals surface area (Å²) in [6.45, 7) is 8.29. The normalized spacial score (nSPS) is 31.3. The molecule has 4 heterocycles. The quantitative estimate of drug-likeness (QED) is 0.228. The Morgan fingerprint density at radius 1 is 1.02 bits per heavy atom. The van der Waals surface area contributed by atoms with Crippen molar-refractivity contribution < 1.29 is 43.2 Å². The maximum absolute atomic E-state index is 14.6. The van der Waals surface area contributed by atoms with Gasteiger partial charge in [0.05, 0.1) is 25.3 Å². The lowest BCUT2D eigenvalue weighted by Gasteiger charge is -2.29. The van der Waals surface area contributed by atoms with Crippen molar-refractivity contribution in [2.75, 3.05) is 51.3 Å². The Hall–Kier alpha value is -4.08. The van der Waals surface area contributed by atoms with E-state index in [2.05, 4.69) is 20.9 Å². The number of halogens is 1. The van der Waals surface area contributed by atoms with Crippen LogP contribution in [-0.4, -0.2) is 126 Å². The van der Waals surface area contributed by atoms with Gasteiger partial charge in [-0.25, -0.2) is 14.6 Å². The number of aliphatic carboxylic acids is 1. The average molecular weight is 839 g/mol. The zero-order valence-corrected chi connectivity index (χ0v) is 35.0. The summed E-state index contributed by atoms with van der Waals surface area (Å²) < 4.78 is 24.1. The lowest BCUT2D eigenvalue weighted by Crippen LogP contribution is -2.56. The molecule has 4 N–H and O–H groups in total. The number of rotatable bonds is 11. The molecule has 3 aliphatic heterocycles. The van der Waals surface area contributed by atoms with Crippen molar-refractivity contribution in [3.63, 3.8) is 0 Å². The third-order valence-electron chi connectivity index (χ3n) is 13.1. The van der Waals surface area contributed by atoms with Crippen LogP contribution >= 0.6 is 11.6 Å². The number of hydrogen-bond donors (Lipinski definition) is 4. The van der Waals surface area contributed by atoms with Crippen molar-refractivity contribution in [2.24, 2.45) is 17.8 Å². The summed E-state index contributed by atoms with van der Waals surface area (Å²) in [7, 11) is 0. The van der Waals surface area contributed by atoms with Crippen molar-refractivity contribution in [1.82, 2.24) is 25.4 Å². The molecule has 16 heteroatoms. The summed E-state index contributed by atoms with van der Waals surface area (Å²) in [5, 5.41) is 20.4. The standard InChI is InChI=1S/C43H59ClN6O9/c1-25(2)45-36-22-35(31-10-11-34(37(44)38(31)47-36)57-17-14-49-12-15-56-16-13-49)58-30-21-33-39(51)48-43(41(53)54)23-28(43)8-6-4-3-5-7-9-32(40(52)50(33)24-30)46-42(55)59-29-19-26-18-27(26)20-29/h10-11,22,25-30,32-33H,3-9,12-21,23-24H2,1-2H3,(H,45,47)(H,46,55)(H,48,51)(H,53,54)/t26-,27+,28-,29?,30+,32-,33-,43+/m0/s1. The van der Waals surface area contributed by atoms with E-state index >= 15 is 0 Å². The van der Waals surface area contributed by atoms with Gasteiger partial charge in [0.2, 0.25) is 11.8 Å². The van der Waals surface area contributed by atoms with Crippen LogP contribution in [0.4, 0.5) is 10.6 Å². The van der Waals surface area contributed by atoms with Crippen LogP contribution in [0, 0.1) is 17.8 Å². The third kappa shape index (κ3) is 9.62. The molecule has 2 aromatic rings. The minimum absolute atomic E-state index is 0.0346. The van der Waals surface area contributed by atoms with Crippen LogP contribution in [0.3, 0.4) is 0 Å². The number of nitrogens with one attached hydrogen (secondary N) is 3. The molecular formula is C43H59ClN6O9. The van der Waals surface area contributed by atoms with Gasteiger partial charge in [0.15, 0.2) is 0 Å². The summed E-state index contributed by atoms with van der Waals surface area (Å²) in [6, 6.07) is 3.51. The Kier molecular flexibility index (Phi) is 12.6. The second-order valence-corrected chi connectivity index (χ2v) is 18.2. The number of carboxylic acid groups (broad SMARTS) is 1. The topological polar surface area (TPSA) is 181 Å². The third-order valence-corrected chi connectivity index (χ3v) is 13.5. The van der Waals surface area contributed by atoms with Gasteiger partial charge in [0.1, 0.15) is 58.8 Å². The van der Waals surface area contributed by atoms with Crippen LogP contribution in [0.15, 0.2) is 18.2 Å². The van der Waals surface area contributed by atoms with Gasteiger partial charge in [0.25, 0.3) is 0 Å². The molecule has 59 heavy (non-hydrogen) atoms. The number of benzene rings is 1. The number of hydrogen-bond acceptors (Lipinski definition) is 11. The number of morpholine rings is 1. The van der Waals surface area contributed by atoms with E-state index in [1.807, 2.05) is 19.9 Å². The van der Waals surface area contributed by atoms with Gasteiger partial charge in [0, 0.05) is 43.5 Å². The van der Waals surface area contributed by atoms with E-state index in [1.165, 1.54) is 11.3 Å². The minimum Gasteiger partial charge on any atom is -0.491 e. The van der Waals surface area contributed by atoms with Gasteiger partial charge in [-0.05, 0) is 82.3 Å². The number of anilines is 1. The minimum atomic E-state index is -1.37. The molecule has 8 rings (SSSR count). The summed E-state index contributed by atoms with van der Waals surface area (Å²) in [5.74, 6) is 0.531. The zero-order chi connectivity index (χ0) is 41.3. The summed E-state index contributed by atoms with van der Waals surface area (Å²) >= 11 is 7.00. The van der Waals surface area contributed by atoms with Crippen molar-refractivity contribution in [1.29, 1.82) is 0 Å². The molecule has 3 saturated heterocycles. The number of fused-ring (bicyclic) bond motifs is 4. The fourth-order valence-corrected chi connectivity index (χ4v) is 9.97. The Labute approximate surface area is 350 Å². The van der Waals surface area contributed by atoms with Crippen LogP contribution < -0.4 is 25.4 Å². The van der Waals surface area contributed by atoms with E-state index in [9.17, 15) is 24.3 Å². The second kappa shape index (κ2) is 17.9. The Balaban J connectivity index is 1.05. The molecule has 3 amide bonds. The van der Waals surface area contributed by atoms with Crippen LogP contribution in [0.2, 0.25) is 5.02 Å². The highest BCUT2D eigenvalue weighted by molar-refractivity contribution is 6.36. The number of carbonyl (C=O) groups is 4. The average Bonchev–Trinajstić information content (AvgIpc) is 4.00. The van der Waals surface area contributed by atoms with Crippen molar-refractivity contribution >= 4 is 52.2 Å². The number of ether oxygens (including phenoxy) is 4. The highest BCUT2D eigenvalue weighted by Gasteiger charge is 2.62. The number of pyridine rings is 1. The Morgan fingerprint density at radius 3 is 2.51 bits per heavy atom. The Bertz CT molecular complexity index is 1890. The molecular weight excluding hydrogens is 780 g/mol. The highest BCUT2D eigenvalue weighted by atomic mass is 35.5. The molecule has 6 aliphatic rings. The smallest absolute Gasteiger partial charge is 0.408 e. The zero-order valence-electron chi connectivity index (χ0n) is 34.2. The van der Waals surface area contributed by atoms with Gasteiger partial charge in [-0.3, -0.25) is 14.5 Å². The maximum Gasteiger partial charge on any atom is 0.408 e. The van der Waals surface area contributed by atoms with Crippen LogP contribution in [0.25, 0.3) is 10.9 Å². The number of aromatic nitrogens is 1. The van der Waals surface area contributed by atoms with E-state index in [4.69, 9.17) is 35.5 Å². The van der Waals surface area contributed by atoms with Crippen molar-refractivity contribution in [3.05, 3.63) is 23.2 Å². The summed E-state index contributed by atoms with van der Waals surface area (Å²) in [4.78, 5) is 63.4. The molecule has 1 aromatic heterocycles. The molecule has 322 valence electrons. The summed E-state index contributed by atoms with van der Waals surface area (Å²) in [6.07, 6.45) is 7.26. The number of carboxylic acids is 1. The number of alkyl carbamates (subject to hydrolysis) is 1. The van der Waals surface area contributed by atoms with Crippen LogP contribution in [0.5, 0.6) is 11.5 Å². The number of carbonyl (C=O) groups excluding carboxylic acids is 3. The van der Waals surface area contributed by atoms with Crippen LogP contribution in [-0.2, 0) is 23.9 Å². The first-order valence-electron chi connectivity index (χ1n) is 21.8. The van der Waals surface area contributed by atoms with E-state index in [0.29, 0.717) is 90.6 Å². The first-order valence-corrected chi connectivity index (χ1v) is 22.2. The molecule has 15 nitrogen and oxygen atoms in total. The lowest BCUT2D eigenvalue weighted by molar-refractivity contribution is -0.146. The molecule has 3 saturated carbocycles. The van der Waals surface area contributed by atoms with E-state index in [1.54, 1.807) is 12.1 Å². The number of nitrogens with zero attached hydrogens (tertiary/aromatic N) is 3. The molecule has 0 bridgehead atoms. The molecule has 6 fully saturated rings. The van der Waals surface area contributed by atoms with Crippen molar-refractivity contribution in [3.8, 4) is 11.5 Å². The van der Waals surface area contributed by atoms with Crippen LogP contribution in [0.1, 0.15) is 90.9 Å². The lowest BCUT2D eigenvalue weighted by atomic mass is 10.0. The molecule has 1 unspecified atom stereocenters. The molecule has 1 aromatic carbocycles. The number of amides is 3. The SMILES string of the molecule is CC(C)Nc1cc(O[C@@H]2C[C@H]3C(=O)N[C@]4(C(=O)O)C[C@@H]4CCCCCCC[C@H](NC(=O)OC4C[C@@H]5C[C@@H]5C4)C(=O)N3C2)c2ccc(OCCN3CCOCC3)c(Cl)c2n1. The fraction of sp³-hybridized carbons (Fsp3) is 0.698. The molecule has 8 atom stereocenters. The van der Waals surface area contributed by atoms with Crippen molar-refractivity contribution in [2.45, 2.75) is 127 Å². The van der Waals surface area contributed by atoms with Gasteiger partial charge in [-0.2, -0.15) is 0 Å². The fourth-order valence-electron chi connectivity index (χ4n) is 9.71. The van der Waals surface area contributed by atoms with Gasteiger partial charge >= 0.3 is 12.1 Å². The molecule has 0 spiro atoms. The Morgan fingerprint density at radius 2 is 1.76 bits per heavy atom. The highest BCUT2D eigenvalue weighted by Crippen LogP contribution is 2.52. The first kappa shape index (κ1) is 41.6. The predicted octanol–water partition coefficient (Wildman–Crippen LogP) is 5.36. The van der Waals surface area contributed by atoms with Gasteiger partial charge in [-0.1, -0.05) is 43.7 Å². The first-order chi connectivity index (χ1) is 28.5. The molecule has 3 aliphatic carbocycles. The second-order valence-electron chi connectivity index (χ2n) is 17.8. The predicted molar refractivity (Wildman–Crippen MR) is 220 cm³/mol. The van der Waals surface area contributed by atoms with Gasteiger partial charge < -0.3 is 44.9 Å². The van der Waals surface area contributed by atoms with E-state index < -0.39 is 47.6 Å². The van der Waals surface area contributed by atoms with Gasteiger partial charge in [-0.15, -0.1) is 0 Å². The molecule has 0 radical (unpaired) electrons. The monoisotopic (exact) mass is 838 g/mol. The largest absolute Gasteiger partial charge is 0.491 e. The maximum atomic E-state index is 14.6. The summed E-state index contributed by atoms with van der Waals surface area (Å²) in [5.41, 5.74) is -0.894.